The van der Waals surface area contributed by atoms with E-state index >= 15 is 0 Å². The van der Waals surface area contributed by atoms with Crippen LogP contribution < -0.4 is 11.3 Å². The highest BCUT2D eigenvalue weighted by atomic mass is 16.3. The van der Waals surface area contributed by atoms with Crippen molar-refractivity contribution in [1.82, 2.24) is 10.3 Å². The van der Waals surface area contributed by atoms with Crippen LogP contribution in [-0.2, 0) is 4.79 Å². The van der Waals surface area contributed by atoms with Crippen LogP contribution in [0.25, 0.3) is 0 Å². The molecule has 0 radical (unpaired) electrons. The first-order valence-electron chi connectivity index (χ1n) is 4.43. The molecule has 1 amide bonds. The second kappa shape index (κ2) is 3.61. The van der Waals surface area contributed by atoms with Crippen LogP contribution in [0.15, 0.2) is 0 Å². The second-order valence-corrected chi connectivity index (χ2v) is 3.90. The van der Waals surface area contributed by atoms with Crippen LogP contribution in [0.4, 0.5) is 0 Å². The van der Waals surface area contributed by atoms with Gasteiger partial charge in [-0.25, -0.2) is 5.84 Å². The van der Waals surface area contributed by atoms with Crippen LogP contribution in [-0.4, -0.2) is 40.6 Å². The number of amides is 1. The number of carbonyl (C=O) groups is 1. The third-order valence-corrected chi connectivity index (χ3v) is 2.55. The topological polar surface area (TPSA) is 78.6 Å². The van der Waals surface area contributed by atoms with Gasteiger partial charge in [0.05, 0.1) is 11.6 Å². The number of nitrogens with zero attached hydrogens (tertiary/aromatic N) is 1. The molecule has 1 aliphatic rings. The van der Waals surface area contributed by atoms with E-state index in [0.29, 0.717) is 13.0 Å². The molecule has 13 heavy (non-hydrogen) atoms. The molecule has 1 saturated heterocycles. The third kappa shape index (κ3) is 2.40. The number of hydrogen-bond donors (Lipinski definition) is 3. The highest BCUT2D eigenvalue weighted by Crippen LogP contribution is 2.21. The fourth-order valence-corrected chi connectivity index (χ4v) is 1.60. The van der Waals surface area contributed by atoms with Gasteiger partial charge in [0.25, 0.3) is 5.91 Å². The van der Waals surface area contributed by atoms with Gasteiger partial charge in [0.1, 0.15) is 0 Å². The zero-order valence-corrected chi connectivity index (χ0v) is 8.08. The summed E-state index contributed by atoms with van der Waals surface area (Å²) >= 11 is 0. The predicted octanol–water partition coefficient (Wildman–Crippen LogP) is -1.18. The number of aliphatic hydroxyl groups is 1. The monoisotopic (exact) mass is 187 g/mol. The molecule has 5 heteroatoms. The molecule has 1 rings (SSSR count). The van der Waals surface area contributed by atoms with Crippen LogP contribution in [0.5, 0.6) is 0 Å². The molecule has 0 aliphatic carbocycles. The van der Waals surface area contributed by atoms with Gasteiger partial charge >= 0.3 is 0 Å². The summed E-state index contributed by atoms with van der Waals surface area (Å²) in [7, 11) is 0. The van der Waals surface area contributed by atoms with Gasteiger partial charge in [0, 0.05) is 13.1 Å². The molecule has 4 N–H and O–H groups in total. The number of hydrazine groups is 1. The maximum atomic E-state index is 11.2. The minimum absolute atomic E-state index is 0.210. The Morgan fingerprint density at radius 3 is 2.77 bits per heavy atom. The zero-order chi connectivity index (χ0) is 10.1. The van der Waals surface area contributed by atoms with Crippen molar-refractivity contribution in [1.29, 1.82) is 0 Å². The van der Waals surface area contributed by atoms with Crippen molar-refractivity contribution in [3.63, 3.8) is 0 Å². The maximum absolute atomic E-state index is 11.2. The molecule has 1 fully saturated rings. The minimum atomic E-state index is -0.664. The average molecular weight is 187 g/mol. The van der Waals surface area contributed by atoms with E-state index in [1.54, 1.807) is 13.8 Å². The molecule has 0 saturated carbocycles. The number of likely N-dealkylation sites (tertiary alicyclic amines) is 1. The molecule has 0 aromatic heterocycles. The Morgan fingerprint density at radius 1 is 1.77 bits per heavy atom. The van der Waals surface area contributed by atoms with Crippen molar-refractivity contribution in [3.8, 4) is 0 Å². The Morgan fingerprint density at radius 2 is 2.38 bits per heavy atom. The summed E-state index contributed by atoms with van der Waals surface area (Å²) in [5, 5.41) is 9.66. The lowest BCUT2D eigenvalue weighted by molar-refractivity contribution is -0.125. The van der Waals surface area contributed by atoms with Gasteiger partial charge in [0.2, 0.25) is 0 Å². The summed E-state index contributed by atoms with van der Waals surface area (Å²) in [5.41, 5.74) is 1.44. The maximum Gasteiger partial charge on any atom is 0.250 e. The van der Waals surface area contributed by atoms with Crippen molar-refractivity contribution in [2.45, 2.75) is 31.9 Å². The summed E-state index contributed by atoms with van der Waals surface area (Å²) in [5.74, 6) is 4.81. The molecule has 0 bridgehead atoms. The van der Waals surface area contributed by atoms with Gasteiger partial charge in [-0.1, -0.05) is 0 Å². The highest BCUT2D eigenvalue weighted by Gasteiger charge is 2.35. The van der Waals surface area contributed by atoms with Crippen LogP contribution in [0.3, 0.4) is 0 Å². The quantitative estimate of drug-likeness (QED) is 0.289. The predicted molar refractivity (Wildman–Crippen MR) is 48.6 cm³/mol. The van der Waals surface area contributed by atoms with E-state index in [4.69, 9.17) is 5.84 Å². The largest absolute Gasteiger partial charge is 0.389 e. The summed E-state index contributed by atoms with van der Waals surface area (Å²) in [6, 6.07) is -0.265. The number of β-amino-alcohol motifs (C(OH)–C–C–N with tert-alkyl or cyclic N) is 1. The molecule has 2 atom stereocenters. The molecule has 2 unspecified atom stereocenters. The van der Waals surface area contributed by atoms with E-state index in [-0.39, 0.29) is 11.9 Å². The van der Waals surface area contributed by atoms with Crippen LogP contribution in [0.2, 0.25) is 0 Å². The highest BCUT2D eigenvalue weighted by molar-refractivity contribution is 5.80. The lowest BCUT2D eigenvalue weighted by Crippen LogP contribution is -2.47. The van der Waals surface area contributed by atoms with Gasteiger partial charge < -0.3 is 5.11 Å². The van der Waals surface area contributed by atoms with E-state index in [1.165, 1.54) is 0 Å². The van der Waals surface area contributed by atoms with Gasteiger partial charge in [-0.15, -0.1) is 0 Å². The fraction of sp³-hybridized carbons (Fsp3) is 0.875. The van der Waals surface area contributed by atoms with E-state index in [0.717, 1.165) is 6.54 Å². The number of rotatable bonds is 2. The normalized spacial score (nSPS) is 31.7. The van der Waals surface area contributed by atoms with Crippen molar-refractivity contribution in [2.24, 2.45) is 5.84 Å². The van der Waals surface area contributed by atoms with Gasteiger partial charge in [-0.05, 0) is 20.3 Å². The Hall–Kier alpha value is -0.650. The third-order valence-electron chi connectivity index (χ3n) is 2.55. The average Bonchev–Trinajstić information content (AvgIpc) is 2.43. The van der Waals surface area contributed by atoms with E-state index in [2.05, 4.69) is 5.43 Å². The summed E-state index contributed by atoms with van der Waals surface area (Å²) in [4.78, 5) is 13.1. The number of nitrogens with one attached hydrogen (secondary N) is 1. The lowest BCUT2D eigenvalue weighted by Gasteiger charge is -2.23. The summed E-state index contributed by atoms with van der Waals surface area (Å²) in [6.07, 6.45) is 0.704. The summed E-state index contributed by atoms with van der Waals surface area (Å²) < 4.78 is 0. The first-order valence-corrected chi connectivity index (χ1v) is 4.43. The van der Waals surface area contributed by atoms with Crippen LogP contribution in [0.1, 0.15) is 20.3 Å². The first-order chi connectivity index (χ1) is 5.96. The SMILES string of the molecule is CC(C(=O)NN)N1CCC(C)(O)C1. The molecular weight excluding hydrogens is 170 g/mol. The van der Waals surface area contributed by atoms with Crippen molar-refractivity contribution < 1.29 is 9.90 Å². The molecule has 0 aromatic carbocycles. The van der Waals surface area contributed by atoms with Crippen molar-refractivity contribution in [2.75, 3.05) is 13.1 Å². The number of carbonyl (C=O) groups excluding carboxylic acids is 1. The zero-order valence-electron chi connectivity index (χ0n) is 8.08. The van der Waals surface area contributed by atoms with Crippen molar-refractivity contribution >= 4 is 5.91 Å². The molecule has 5 nitrogen and oxygen atoms in total. The molecule has 0 spiro atoms. The van der Waals surface area contributed by atoms with Gasteiger partial charge in [0.15, 0.2) is 0 Å². The van der Waals surface area contributed by atoms with Gasteiger partial charge in [-0.2, -0.15) is 0 Å². The van der Waals surface area contributed by atoms with E-state index in [1.807, 2.05) is 4.90 Å². The Labute approximate surface area is 77.9 Å². The first kappa shape index (κ1) is 10.4. The Kier molecular flexibility index (Phi) is 2.90. The Balaban J connectivity index is 2.51. The number of hydrogen-bond acceptors (Lipinski definition) is 4. The standard InChI is InChI=1S/C8H17N3O2/c1-6(7(12)10-9)11-4-3-8(2,13)5-11/h6,13H,3-5,9H2,1-2H3,(H,10,12). The van der Waals surface area contributed by atoms with Crippen molar-refractivity contribution in [3.05, 3.63) is 0 Å². The van der Waals surface area contributed by atoms with E-state index < -0.39 is 5.60 Å². The smallest absolute Gasteiger partial charge is 0.250 e. The second-order valence-electron chi connectivity index (χ2n) is 3.90. The fourth-order valence-electron chi connectivity index (χ4n) is 1.60. The Bertz CT molecular complexity index is 206. The molecule has 76 valence electrons. The lowest BCUT2D eigenvalue weighted by atomic mass is 10.1. The minimum Gasteiger partial charge on any atom is -0.389 e. The summed E-state index contributed by atoms with van der Waals surface area (Å²) in [6.45, 7) is 4.83. The van der Waals surface area contributed by atoms with E-state index in [9.17, 15) is 9.90 Å². The molecular formula is C8H17N3O2. The number of nitrogens with two attached hydrogens (primary N) is 1. The van der Waals surface area contributed by atoms with Crippen LogP contribution >= 0.6 is 0 Å². The molecule has 0 aromatic rings. The van der Waals surface area contributed by atoms with Gasteiger partial charge in [-0.3, -0.25) is 15.1 Å². The molecule has 1 heterocycles. The van der Waals surface area contributed by atoms with Crippen LogP contribution in [0, 0.1) is 0 Å². The molecule has 1 aliphatic heterocycles.